The smallest absolute Gasteiger partial charge is 0.298 e. The van der Waals surface area contributed by atoms with Gasteiger partial charge < -0.3 is 0 Å². The first-order valence-corrected chi connectivity index (χ1v) is 6.97. The van der Waals surface area contributed by atoms with Crippen LogP contribution in [-0.2, 0) is 6.54 Å². The van der Waals surface area contributed by atoms with Crippen molar-refractivity contribution in [2.75, 3.05) is 5.33 Å². The second-order valence-corrected chi connectivity index (χ2v) is 4.98. The number of aromatic nitrogens is 2. The predicted octanol–water partition coefficient (Wildman–Crippen LogP) is 2.73. The van der Waals surface area contributed by atoms with Gasteiger partial charge in [-0.25, -0.2) is 9.78 Å². The van der Waals surface area contributed by atoms with Crippen LogP contribution in [0.4, 0.5) is 0 Å². The summed E-state index contributed by atoms with van der Waals surface area (Å²) >= 11 is 3.52. The first-order valence-electron chi connectivity index (χ1n) is 5.84. The van der Waals surface area contributed by atoms with Gasteiger partial charge >= 0.3 is 5.69 Å². The molecule has 0 saturated heterocycles. The maximum Gasteiger partial charge on any atom is 0.347 e. The molecule has 18 heavy (non-hydrogen) atoms. The Morgan fingerprint density at radius 3 is 2.72 bits per heavy atom. The Balaban J connectivity index is 2.26. The van der Waals surface area contributed by atoms with Crippen LogP contribution in [0.5, 0.6) is 0 Å². The molecular formula is C14H15BrN2O. The van der Waals surface area contributed by atoms with E-state index in [1.54, 1.807) is 10.8 Å². The molecule has 0 saturated carbocycles. The Bertz CT molecular complexity index is 566. The minimum absolute atomic E-state index is 0.192. The van der Waals surface area contributed by atoms with Crippen molar-refractivity contribution in [2.45, 2.75) is 19.4 Å². The van der Waals surface area contributed by atoms with Crippen LogP contribution in [0.15, 0.2) is 47.5 Å². The highest BCUT2D eigenvalue weighted by molar-refractivity contribution is 9.09. The van der Waals surface area contributed by atoms with E-state index < -0.39 is 0 Å². The summed E-state index contributed by atoms with van der Waals surface area (Å²) < 4.78 is 1.67. The molecule has 0 aliphatic carbocycles. The lowest BCUT2D eigenvalue weighted by atomic mass is 10.0. The SMILES string of the molecule is Cc1cnc(=O)n(CC(CBr)c2ccccc2)c1. The van der Waals surface area contributed by atoms with Crippen LogP contribution in [0.3, 0.4) is 0 Å². The molecule has 0 amide bonds. The molecule has 2 aromatic rings. The zero-order chi connectivity index (χ0) is 13.0. The fraction of sp³-hybridized carbons (Fsp3) is 0.286. The van der Waals surface area contributed by atoms with E-state index in [0.29, 0.717) is 6.54 Å². The first kappa shape index (κ1) is 13.0. The van der Waals surface area contributed by atoms with E-state index in [4.69, 9.17) is 0 Å². The van der Waals surface area contributed by atoms with Gasteiger partial charge in [-0.3, -0.25) is 4.57 Å². The van der Waals surface area contributed by atoms with E-state index in [1.165, 1.54) is 5.56 Å². The zero-order valence-corrected chi connectivity index (χ0v) is 11.8. The average Bonchev–Trinajstić information content (AvgIpc) is 2.41. The fourth-order valence-corrected chi connectivity index (χ4v) is 2.48. The van der Waals surface area contributed by atoms with Crippen LogP contribution in [0.25, 0.3) is 0 Å². The number of aryl methyl sites for hydroxylation is 1. The standard InChI is InChI=1S/C14H15BrN2O/c1-11-8-16-14(18)17(9-11)10-13(7-15)12-5-3-2-4-6-12/h2-6,8-9,13H,7,10H2,1H3. The summed E-state index contributed by atoms with van der Waals surface area (Å²) in [5, 5.41) is 0.817. The number of halogens is 1. The van der Waals surface area contributed by atoms with Gasteiger partial charge in [0, 0.05) is 30.2 Å². The van der Waals surface area contributed by atoms with Crippen molar-refractivity contribution < 1.29 is 0 Å². The first-order chi connectivity index (χ1) is 8.70. The van der Waals surface area contributed by atoms with E-state index in [0.717, 1.165) is 10.9 Å². The Morgan fingerprint density at radius 2 is 2.06 bits per heavy atom. The normalized spacial score (nSPS) is 12.3. The summed E-state index contributed by atoms with van der Waals surface area (Å²) in [6.07, 6.45) is 3.46. The van der Waals surface area contributed by atoms with E-state index in [2.05, 4.69) is 33.0 Å². The second kappa shape index (κ2) is 5.96. The van der Waals surface area contributed by atoms with Crippen molar-refractivity contribution in [1.82, 2.24) is 9.55 Å². The van der Waals surface area contributed by atoms with E-state index >= 15 is 0 Å². The molecule has 1 atom stereocenters. The van der Waals surface area contributed by atoms with Crippen LogP contribution in [-0.4, -0.2) is 14.9 Å². The minimum Gasteiger partial charge on any atom is -0.298 e. The van der Waals surface area contributed by atoms with Gasteiger partial charge in [0.25, 0.3) is 0 Å². The minimum atomic E-state index is -0.192. The van der Waals surface area contributed by atoms with Crippen LogP contribution in [0, 0.1) is 6.92 Å². The lowest BCUT2D eigenvalue weighted by Gasteiger charge is -2.16. The zero-order valence-electron chi connectivity index (χ0n) is 10.2. The summed E-state index contributed by atoms with van der Waals surface area (Å²) in [4.78, 5) is 15.5. The van der Waals surface area contributed by atoms with Gasteiger partial charge in [-0.05, 0) is 18.1 Å². The van der Waals surface area contributed by atoms with Crippen LogP contribution < -0.4 is 5.69 Å². The largest absolute Gasteiger partial charge is 0.347 e. The van der Waals surface area contributed by atoms with Crippen molar-refractivity contribution in [1.29, 1.82) is 0 Å². The van der Waals surface area contributed by atoms with Gasteiger partial charge in [-0.15, -0.1) is 0 Å². The maximum absolute atomic E-state index is 11.7. The summed E-state index contributed by atoms with van der Waals surface area (Å²) in [6.45, 7) is 2.58. The lowest BCUT2D eigenvalue weighted by Crippen LogP contribution is -2.25. The molecular weight excluding hydrogens is 292 g/mol. The molecule has 0 spiro atoms. The number of benzene rings is 1. The summed E-state index contributed by atoms with van der Waals surface area (Å²) in [6, 6.07) is 10.2. The average molecular weight is 307 g/mol. The Kier molecular flexibility index (Phi) is 4.31. The molecule has 94 valence electrons. The van der Waals surface area contributed by atoms with E-state index in [9.17, 15) is 4.79 Å². The van der Waals surface area contributed by atoms with E-state index in [1.807, 2.05) is 31.3 Å². The summed E-state index contributed by atoms with van der Waals surface area (Å²) in [7, 11) is 0. The molecule has 0 aliphatic heterocycles. The quantitative estimate of drug-likeness (QED) is 0.814. The van der Waals surface area contributed by atoms with Crippen molar-refractivity contribution >= 4 is 15.9 Å². The van der Waals surface area contributed by atoms with Gasteiger partial charge in [-0.2, -0.15) is 0 Å². The Labute approximate surface area is 115 Å². The third-order valence-electron chi connectivity index (χ3n) is 2.86. The number of rotatable bonds is 4. The second-order valence-electron chi connectivity index (χ2n) is 4.33. The lowest BCUT2D eigenvalue weighted by molar-refractivity contribution is 0.574. The predicted molar refractivity (Wildman–Crippen MR) is 76.2 cm³/mol. The number of hydrogen-bond donors (Lipinski definition) is 0. The van der Waals surface area contributed by atoms with Gasteiger partial charge in [0.15, 0.2) is 0 Å². The molecule has 0 aliphatic rings. The fourth-order valence-electron chi connectivity index (χ4n) is 1.90. The van der Waals surface area contributed by atoms with Gasteiger partial charge in [-0.1, -0.05) is 46.3 Å². The summed E-state index contributed by atoms with van der Waals surface area (Å²) in [5.41, 5.74) is 2.03. The van der Waals surface area contributed by atoms with Crippen LogP contribution in [0.2, 0.25) is 0 Å². The molecule has 1 aromatic heterocycles. The molecule has 4 heteroatoms. The van der Waals surface area contributed by atoms with Crippen LogP contribution in [0.1, 0.15) is 17.0 Å². The van der Waals surface area contributed by atoms with Crippen molar-refractivity contribution in [3.05, 3.63) is 64.3 Å². The molecule has 1 aromatic carbocycles. The number of nitrogens with zero attached hydrogens (tertiary/aromatic N) is 2. The van der Waals surface area contributed by atoms with Crippen molar-refractivity contribution in [2.24, 2.45) is 0 Å². The molecule has 3 nitrogen and oxygen atoms in total. The number of alkyl halides is 1. The Hall–Kier alpha value is -1.42. The molecule has 1 heterocycles. The Morgan fingerprint density at radius 1 is 1.33 bits per heavy atom. The molecule has 2 rings (SSSR count). The van der Waals surface area contributed by atoms with Gasteiger partial charge in [0.2, 0.25) is 0 Å². The van der Waals surface area contributed by atoms with Crippen LogP contribution >= 0.6 is 15.9 Å². The van der Waals surface area contributed by atoms with Crippen molar-refractivity contribution in [3.63, 3.8) is 0 Å². The monoisotopic (exact) mass is 306 g/mol. The highest BCUT2D eigenvalue weighted by atomic mass is 79.9. The third kappa shape index (κ3) is 3.07. The maximum atomic E-state index is 11.7. The third-order valence-corrected chi connectivity index (χ3v) is 3.64. The molecule has 0 radical (unpaired) electrons. The van der Waals surface area contributed by atoms with E-state index in [-0.39, 0.29) is 11.6 Å². The van der Waals surface area contributed by atoms with Gasteiger partial charge in [0.05, 0.1) is 0 Å². The molecule has 0 fully saturated rings. The molecule has 1 unspecified atom stereocenters. The molecule has 0 bridgehead atoms. The highest BCUT2D eigenvalue weighted by Crippen LogP contribution is 2.19. The summed E-state index contributed by atoms with van der Waals surface area (Å²) in [5.74, 6) is 0.271. The number of hydrogen-bond acceptors (Lipinski definition) is 2. The molecule has 0 N–H and O–H groups in total. The van der Waals surface area contributed by atoms with Crippen molar-refractivity contribution in [3.8, 4) is 0 Å². The van der Waals surface area contributed by atoms with Gasteiger partial charge in [0.1, 0.15) is 0 Å². The highest BCUT2D eigenvalue weighted by Gasteiger charge is 2.11. The topological polar surface area (TPSA) is 34.9 Å².